The van der Waals surface area contributed by atoms with Gasteiger partial charge in [0.25, 0.3) is 0 Å². The fourth-order valence-electron chi connectivity index (χ4n) is 3.39. The van der Waals surface area contributed by atoms with E-state index in [0.29, 0.717) is 29.8 Å². The number of nitriles is 1. The van der Waals surface area contributed by atoms with Gasteiger partial charge in [0.15, 0.2) is 5.65 Å². The summed E-state index contributed by atoms with van der Waals surface area (Å²) in [4.78, 5) is 21.4. The van der Waals surface area contributed by atoms with Crippen molar-refractivity contribution < 1.29 is 8.78 Å². The smallest absolute Gasteiger partial charge is 0.326 e. The van der Waals surface area contributed by atoms with Crippen LogP contribution < -0.4 is 5.69 Å². The number of hydrogen-bond donors (Lipinski definition) is 0. The van der Waals surface area contributed by atoms with Crippen LogP contribution in [-0.2, 0) is 13.1 Å². The van der Waals surface area contributed by atoms with Crippen LogP contribution in [0.2, 0.25) is 0 Å². The third kappa shape index (κ3) is 2.93. The second kappa shape index (κ2) is 7.23. The molecule has 0 spiro atoms. The summed E-state index contributed by atoms with van der Waals surface area (Å²) >= 11 is 0. The fraction of sp³-hybridized carbons (Fsp3) is 0.263. The van der Waals surface area contributed by atoms with Crippen LogP contribution in [0, 0.1) is 11.3 Å². The zero-order valence-corrected chi connectivity index (χ0v) is 14.8. The predicted molar refractivity (Wildman–Crippen MR) is 98.9 cm³/mol. The number of para-hydroxylation sites is 2. The first-order valence-corrected chi connectivity index (χ1v) is 8.77. The normalized spacial score (nSPS) is 11.5. The molecule has 0 amide bonds. The number of halogens is 2. The van der Waals surface area contributed by atoms with Crippen molar-refractivity contribution in [2.75, 3.05) is 0 Å². The quantitative estimate of drug-likeness (QED) is 0.479. The number of nitrogens with zero attached hydrogens (tertiary/aromatic N) is 6. The van der Waals surface area contributed by atoms with Gasteiger partial charge >= 0.3 is 12.2 Å². The molecule has 3 heterocycles. The zero-order chi connectivity index (χ0) is 19.7. The van der Waals surface area contributed by atoms with Gasteiger partial charge in [0.1, 0.15) is 5.82 Å². The molecule has 28 heavy (non-hydrogen) atoms. The van der Waals surface area contributed by atoms with Gasteiger partial charge in [-0.15, -0.1) is 0 Å². The molecular formula is C19H16F2N6O. The molecule has 0 saturated heterocycles. The van der Waals surface area contributed by atoms with E-state index in [0.717, 1.165) is 11.0 Å². The van der Waals surface area contributed by atoms with Gasteiger partial charge < -0.3 is 4.57 Å². The Balaban J connectivity index is 1.85. The van der Waals surface area contributed by atoms with Gasteiger partial charge in [-0.2, -0.15) is 14.0 Å². The Kier molecular flexibility index (Phi) is 4.61. The predicted octanol–water partition coefficient (Wildman–Crippen LogP) is 3.29. The number of benzene rings is 1. The number of imidazole rings is 2. The molecule has 9 heteroatoms. The number of aromatic nitrogens is 5. The minimum Gasteiger partial charge on any atom is -0.326 e. The SMILES string of the molecule is N#CCCCn1c(Cn2c(=O)n(C(F)F)c3cccnc32)nc2ccccc21. The molecule has 0 bridgehead atoms. The van der Waals surface area contributed by atoms with Crippen molar-refractivity contribution in [2.24, 2.45) is 0 Å². The Hall–Kier alpha value is -3.54. The first kappa shape index (κ1) is 17.9. The molecule has 142 valence electrons. The lowest BCUT2D eigenvalue weighted by atomic mass is 10.3. The van der Waals surface area contributed by atoms with Gasteiger partial charge in [-0.3, -0.25) is 4.57 Å². The van der Waals surface area contributed by atoms with Gasteiger partial charge in [0.2, 0.25) is 0 Å². The number of rotatable bonds is 6. The second-order valence-electron chi connectivity index (χ2n) is 6.29. The van der Waals surface area contributed by atoms with E-state index in [1.165, 1.54) is 22.9 Å². The molecule has 0 aliphatic heterocycles. The van der Waals surface area contributed by atoms with E-state index in [2.05, 4.69) is 16.0 Å². The van der Waals surface area contributed by atoms with E-state index < -0.39 is 12.2 Å². The number of fused-ring (bicyclic) bond motifs is 2. The Morgan fingerprint density at radius 2 is 1.89 bits per heavy atom. The van der Waals surface area contributed by atoms with Gasteiger partial charge in [0, 0.05) is 19.2 Å². The molecule has 0 radical (unpaired) electrons. The van der Waals surface area contributed by atoms with Crippen LogP contribution in [-0.4, -0.2) is 23.7 Å². The highest BCUT2D eigenvalue weighted by atomic mass is 19.3. The fourth-order valence-corrected chi connectivity index (χ4v) is 3.39. The summed E-state index contributed by atoms with van der Waals surface area (Å²) in [6.45, 7) is -2.42. The lowest BCUT2D eigenvalue weighted by molar-refractivity contribution is 0.0703. The van der Waals surface area contributed by atoms with Crippen molar-refractivity contribution in [1.29, 1.82) is 5.26 Å². The van der Waals surface area contributed by atoms with Crippen LogP contribution in [0.25, 0.3) is 22.2 Å². The lowest BCUT2D eigenvalue weighted by Gasteiger charge is -2.09. The average molecular weight is 382 g/mol. The molecule has 1 aromatic carbocycles. The molecule has 3 aromatic heterocycles. The first-order valence-electron chi connectivity index (χ1n) is 8.77. The zero-order valence-electron chi connectivity index (χ0n) is 14.8. The van der Waals surface area contributed by atoms with E-state index in [4.69, 9.17) is 5.26 Å². The van der Waals surface area contributed by atoms with E-state index >= 15 is 0 Å². The number of unbranched alkanes of at least 4 members (excludes halogenated alkanes) is 1. The highest BCUT2D eigenvalue weighted by Gasteiger charge is 2.21. The Morgan fingerprint density at radius 3 is 2.68 bits per heavy atom. The molecule has 0 atom stereocenters. The number of pyridine rings is 1. The molecular weight excluding hydrogens is 366 g/mol. The van der Waals surface area contributed by atoms with Crippen molar-refractivity contribution in [2.45, 2.75) is 32.5 Å². The molecule has 0 unspecified atom stereocenters. The molecule has 0 aliphatic carbocycles. The molecule has 4 aromatic rings. The van der Waals surface area contributed by atoms with Crippen LogP contribution >= 0.6 is 0 Å². The Morgan fingerprint density at radius 1 is 1.11 bits per heavy atom. The molecule has 4 rings (SSSR count). The summed E-state index contributed by atoms with van der Waals surface area (Å²) in [6, 6.07) is 12.6. The van der Waals surface area contributed by atoms with Crippen molar-refractivity contribution in [3.8, 4) is 6.07 Å². The highest BCUT2D eigenvalue weighted by Crippen LogP contribution is 2.21. The Bertz CT molecular complexity index is 1250. The summed E-state index contributed by atoms with van der Waals surface area (Å²) in [5, 5.41) is 8.82. The second-order valence-corrected chi connectivity index (χ2v) is 6.29. The third-order valence-electron chi connectivity index (χ3n) is 4.62. The maximum Gasteiger partial charge on any atom is 0.335 e. The summed E-state index contributed by atoms with van der Waals surface area (Å²) in [7, 11) is 0. The van der Waals surface area contributed by atoms with Crippen molar-refractivity contribution in [1.82, 2.24) is 23.7 Å². The lowest BCUT2D eigenvalue weighted by Crippen LogP contribution is -2.26. The largest absolute Gasteiger partial charge is 0.335 e. The van der Waals surface area contributed by atoms with E-state index in [-0.39, 0.29) is 17.7 Å². The van der Waals surface area contributed by atoms with Crippen molar-refractivity contribution in [3.05, 3.63) is 58.9 Å². The van der Waals surface area contributed by atoms with E-state index in [9.17, 15) is 13.6 Å². The van der Waals surface area contributed by atoms with Crippen LogP contribution in [0.15, 0.2) is 47.4 Å². The van der Waals surface area contributed by atoms with Gasteiger partial charge in [0.05, 0.1) is 29.2 Å². The van der Waals surface area contributed by atoms with Crippen molar-refractivity contribution >= 4 is 22.2 Å². The molecule has 7 nitrogen and oxygen atoms in total. The number of aryl methyl sites for hydroxylation is 1. The third-order valence-corrected chi connectivity index (χ3v) is 4.62. The van der Waals surface area contributed by atoms with Crippen molar-refractivity contribution in [3.63, 3.8) is 0 Å². The van der Waals surface area contributed by atoms with Crippen LogP contribution in [0.5, 0.6) is 0 Å². The van der Waals surface area contributed by atoms with Gasteiger partial charge in [-0.05, 0) is 30.7 Å². The van der Waals surface area contributed by atoms with E-state index in [1.54, 1.807) is 0 Å². The highest BCUT2D eigenvalue weighted by molar-refractivity contribution is 5.76. The topological polar surface area (TPSA) is 81.4 Å². The molecule has 0 aliphatic rings. The number of alkyl halides is 2. The molecule has 0 fully saturated rings. The maximum atomic E-state index is 13.4. The van der Waals surface area contributed by atoms with Crippen LogP contribution in [0.3, 0.4) is 0 Å². The molecule has 0 N–H and O–H groups in total. The van der Waals surface area contributed by atoms with Crippen LogP contribution in [0.4, 0.5) is 8.78 Å². The summed E-state index contributed by atoms with van der Waals surface area (Å²) in [5.74, 6) is 0.556. The minimum absolute atomic E-state index is 0.00724. The van der Waals surface area contributed by atoms with Gasteiger partial charge in [-0.1, -0.05) is 12.1 Å². The van der Waals surface area contributed by atoms with Crippen LogP contribution in [0.1, 0.15) is 25.2 Å². The first-order chi connectivity index (χ1) is 13.6. The average Bonchev–Trinajstić information content (AvgIpc) is 3.18. The summed E-state index contributed by atoms with van der Waals surface area (Å²) in [6.07, 6.45) is 2.47. The van der Waals surface area contributed by atoms with Gasteiger partial charge in [-0.25, -0.2) is 19.3 Å². The Labute approximate surface area is 158 Å². The summed E-state index contributed by atoms with van der Waals surface area (Å²) in [5.41, 5.74) is 1.04. The maximum absolute atomic E-state index is 13.4. The minimum atomic E-state index is -2.96. The monoisotopic (exact) mass is 382 g/mol. The number of hydrogen-bond acceptors (Lipinski definition) is 4. The molecule has 0 saturated carbocycles. The summed E-state index contributed by atoms with van der Waals surface area (Å²) < 4.78 is 30.4. The standard InChI is InChI=1S/C19H16F2N6O/c20-18(21)27-15-8-5-10-23-17(15)26(19(27)28)12-16-24-13-6-1-2-7-14(13)25(16)11-4-3-9-22/h1-2,5-8,10,18H,3-4,11-12H2. The van der Waals surface area contributed by atoms with E-state index in [1.807, 2.05) is 28.8 Å².